The van der Waals surface area contributed by atoms with Crippen molar-refractivity contribution in [2.24, 2.45) is 0 Å². The van der Waals surface area contributed by atoms with E-state index in [1.165, 1.54) is 24.3 Å². The van der Waals surface area contributed by atoms with Crippen LogP contribution in [0.25, 0.3) is 0 Å². The van der Waals surface area contributed by atoms with Crippen molar-refractivity contribution >= 4 is 69.5 Å². The molecule has 16 heteroatoms. The molecular formula is C71H82Cl4F4N4O4. The maximum Gasteiger partial charge on any atom is 0.179 e. The number of rotatable bonds is 23. The van der Waals surface area contributed by atoms with Crippen LogP contribution in [-0.2, 0) is 0 Å². The molecule has 4 aromatic heterocycles. The number of carbonyl (C=O) groups is 4. The molecule has 8 rings (SSSR count). The lowest BCUT2D eigenvalue weighted by atomic mass is 9.88. The van der Waals surface area contributed by atoms with Crippen molar-refractivity contribution in [1.82, 2.24) is 18.3 Å². The quantitative estimate of drug-likeness (QED) is 0.0471. The third-order valence-corrected chi connectivity index (χ3v) is 16.5. The highest BCUT2D eigenvalue weighted by molar-refractivity contribution is 6.32. The maximum atomic E-state index is 14.3. The zero-order valence-electron chi connectivity index (χ0n) is 51.9. The fraction of sp³-hybridized carbons (Fsp3) is 0.380. The van der Waals surface area contributed by atoms with Gasteiger partial charge in [0, 0.05) is 117 Å². The average molecular weight is 1270 g/mol. The van der Waals surface area contributed by atoms with Crippen molar-refractivity contribution in [3.05, 3.63) is 235 Å². The molecule has 0 radical (unpaired) electrons. The predicted octanol–water partition coefficient (Wildman–Crippen LogP) is 22.1. The molecule has 8 nitrogen and oxygen atoms in total. The lowest BCUT2D eigenvalue weighted by Gasteiger charge is -2.20. The van der Waals surface area contributed by atoms with Gasteiger partial charge < -0.3 is 18.3 Å². The monoisotopic (exact) mass is 1270 g/mol. The van der Waals surface area contributed by atoms with Crippen LogP contribution in [-0.4, -0.2) is 41.4 Å². The second-order valence-electron chi connectivity index (χ2n) is 23.2. The van der Waals surface area contributed by atoms with E-state index in [0.29, 0.717) is 65.1 Å². The summed E-state index contributed by atoms with van der Waals surface area (Å²) in [5, 5.41) is 1.52. The van der Waals surface area contributed by atoms with Crippen molar-refractivity contribution < 1.29 is 36.7 Å². The second kappa shape index (κ2) is 33.8. The molecule has 0 N–H and O–H groups in total. The number of carbonyl (C=O) groups excluding carboxylic acids is 4. The first-order chi connectivity index (χ1) is 41.2. The Morgan fingerprint density at radius 2 is 0.598 bits per heavy atom. The van der Waals surface area contributed by atoms with Gasteiger partial charge in [-0.15, -0.1) is 0 Å². The minimum atomic E-state index is -0.359. The molecule has 0 saturated carbocycles. The van der Waals surface area contributed by atoms with Gasteiger partial charge in [-0.2, -0.15) is 0 Å². The van der Waals surface area contributed by atoms with Gasteiger partial charge in [-0.3, -0.25) is 19.2 Å². The number of hydrogen-bond donors (Lipinski definition) is 0. The molecule has 0 aliphatic heterocycles. The Labute approximate surface area is 531 Å². The summed E-state index contributed by atoms with van der Waals surface area (Å²) in [4.78, 5) is 50.2. The van der Waals surface area contributed by atoms with Gasteiger partial charge >= 0.3 is 0 Å². The van der Waals surface area contributed by atoms with E-state index in [4.69, 9.17) is 46.4 Å². The van der Waals surface area contributed by atoms with Crippen LogP contribution in [0.5, 0.6) is 0 Å². The zero-order chi connectivity index (χ0) is 64.4. The summed E-state index contributed by atoms with van der Waals surface area (Å²) in [6.07, 6.45) is 11.2. The highest BCUT2D eigenvalue weighted by atomic mass is 35.5. The van der Waals surface area contributed by atoms with E-state index in [9.17, 15) is 36.7 Å². The number of halogens is 8. The van der Waals surface area contributed by atoms with Gasteiger partial charge in [-0.25, -0.2) is 17.6 Å². The van der Waals surface area contributed by atoms with E-state index < -0.39 is 0 Å². The zero-order valence-corrected chi connectivity index (χ0v) is 54.9. The van der Waals surface area contributed by atoms with E-state index >= 15 is 0 Å². The number of hydrogen-bond acceptors (Lipinski definition) is 4. The average Bonchev–Trinajstić information content (AvgIpc) is 2.68. The van der Waals surface area contributed by atoms with Crippen LogP contribution in [0.15, 0.2) is 146 Å². The predicted molar refractivity (Wildman–Crippen MR) is 348 cm³/mol. The minimum Gasteiger partial charge on any atom is -0.343 e. The molecule has 4 heterocycles. The molecule has 0 aliphatic carbocycles. The minimum absolute atomic E-state index is 0.000481. The Morgan fingerprint density at radius 1 is 0.356 bits per heavy atom. The topological polar surface area (TPSA) is 88.0 Å². The molecule has 0 spiro atoms. The van der Waals surface area contributed by atoms with Crippen LogP contribution in [0.2, 0.25) is 20.1 Å². The van der Waals surface area contributed by atoms with Crippen LogP contribution in [0, 0.1) is 23.3 Å². The lowest BCUT2D eigenvalue weighted by molar-refractivity contribution is 0.0954. The Balaban J connectivity index is 0.000000212. The van der Waals surface area contributed by atoms with Gasteiger partial charge in [-0.1, -0.05) is 111 Å². The van der Waals surface area contributed by atoms with Crippen LogP contribution in [0.3, 0.4) is 0 Å². The number of unbranched alkanes of at least 4 members (excludes halogenated alkanes) is 1. The van der Waals surface area contributed by atoms with Crippen LogP contribution < -0.4 is 0 Å². The van der Waals surface area contributed by atoms with Crippen molar-refractivity contribution in [2.75, 3.05) is 0 Å². The van der Waals surface area contributed by atoms with Gasteiger partial charge in [0.05, 0.1) is 22.8 Å². The summed E-state index contributed by atoms with van der Waals surface area (Å²) in [6.45, 7) is 23.8. The number of Topliss-reactive ketones (excluding diaryl/α,β-unsaturated/α-hetero) is 4. The number of ketones is 4. The molecule has 0 bridgehead atoms. The normalized spacial score (nSPS) is 12.6. The van der Waals surface area contributed by atoms with Gasteiger partial charge in [0.1, 0.15) is 23.3 Å². The van der Waals surface area contributed by atoms with Gasteiger partial charge in [0.15, 0.2) is 23.1 Å². The Morgan fingerprint density at radius 3 is 0.828 bits per heavy atom. The molecule has 4 atom stereocenters. The van der Waals surface area contributed by atoms with E-state index in [2.05, 4.69) is 6.92 Å². The SMILES string of the molecule is CC(C)n1cccc1C(=O)C[C@@H](C)c1c(F)cccc1Cl.CC(C)n1cccc1C(=O)C[C@H](C)c1c(F)cccc1Cl.CC(CC(=O)c1cccn1C(C)C)c1c(F)cccc1Cl.CCCCC(CC(=O)c1cccn1C(C)C)c1c(F)cccc1Cl. The standard InChI is InChI=1S/C20H25ClFNO.3C17H19ClFNO/c1-4-5-8-15(20-16(21)9-6-10-17(20)22)13-19(24)18-11-7-12-23(18)14(2)3;3*1-11(2)20-9-5-8-15(20)16(21)10-12(3)17-13(18)6-4-7-14(17)19/h6-7,9-12,14-15H,4-5,8,13H2,1-3H3;3*4-9,11-12H,10H2,1-3H3/t;2*12-;/m.10./s1. The van der Waals surface area contributed by atoms with E-state index in [-0.39, 0.29) is 120 Å². The van der Waals surface area contributed by atoms with E-state index in [0.717, 1.165) is 19.3 Å². The summed E-state index contributed by atoms with van der Waals surface area (Å²) in [6, 6.07) is 34.0. The van der Waals surface area contributed by atoms with Crippen molar-refractivity contribution in [3.8, 4) is 0 Å². The number of nitrogens with zero attached hydrogens (tertiary/aromatic N) is 4. The first-order valence-electron chi connectivity index (χ1n) is 29.8. The molecule has 0 saturated heterocycles. The largest absolute Gasteiger partial charge is 0.343 e. The molecular weight excluding hydrogens is 1190 g/mol. The first-order valence-corrected chi connectivity index (χ1v) is 31.3. The Hall–Kier alpha value is -6.44. The highest BCUT2D eigenvalue weighted by Gasteiger charge is 2.26. The summed E-state index contributed by atoms with van der Waals surface area (Å²) >= 11 is 24.4. The first kappa shape index (κ1) is 71.3. The van der Waals surface area contributed by atoms with Gasteiger partial charge in [0.25, 0.3) is 0 Å². The Kier molecular flexibility index (Phi) is 27.7. The Bertz CT molecular complexity index is 3210. The van der Waals surface area contributed by atoms with Gasteiger partial charge in [0.2, 0.25) is 0 Å². The third-order valence-electron chi connectivity index (χ3n) is 15.2. The second-order valence-corrected chi connectivity index (χ2v) is 24.8. The van der Waals surface area contributed by atoms with Gasteiger partial charge in [-0.05, 0) is 183 Å². The molecule has 2 unspecified atom stereocenters. The van der Waals surface area contributed by atoms with E-state index in [1.807, 2.05) is 150 Å². The van der Waals surface area contributed by atoms with Crippen molar-refractivity contribution in [1.29, 1.82) is 0 Å². The van der Waals surface area contributed by atoms with Crippen LogP contribution >= 0.6 is 46.4 Å². The van der Waals surface area contributed by atoms with E-state index in [1.54, 1.807) is 66.7 Å². The highest BCUT2D eigenvalue weighted by Crippen LogP contribution is 2.36. The summed E-state index contributed by atoms with van der Waals surface area (Å²) in [5.41, 5.74) is 4.36. The third kappa shape index (κ3) is 19.3. The maximum absolute atomic E-state index is 14.3. The number of benzene rings is 4. The lowest BCUT2D eigenvalue weighted by Crippen LogP contribution is -2.15. The summed E-state index contributed by atoms with van der Waals surface area (Å²) < 4.78 is 63.8. The molecule has 4 aromatic carbocycles. The van der Waals surface area contributed by atoms with Crippen molar-refractivity contribution in [3.63, 3.8) is 0 Å². The fourth-order valence-electron chi connectivity index (χ4n) is 10.7. The smallest absolute Gasteiger partial charge is 0.179 e. The van der Waals surface area contributed by atoms with Crippen LogP contribution in [0.4, 0.5) is 17.6 Å². The fourth-order valence-corrected chi connectivity index (χ4v) is 12.1. The molecule has 0 aliphatic rings. The van der Waals surface area contributed by atoms with Crippen LogP contribution in [0.1, 0.15) is 240 Å². The molecule has 87 heavy (non-hydrogen) atoms. The molecule has 0 amide bonds. The molecule has 0 fully saturated rings. The summed E-state index contributed by atoms with van der Waals surface area (Å²) in [7, 11) is 0. The molecule has 466 valence electrons. The van der Waals surface area contributed by atoms with Crippen molar-refractivity contribution in [2.45, 2.75) is 176 Å². The molecule has 8 aromatic rings. The number of aromatic nitrogens is 4. The summed E-state index contributed by atoms with van der Waals surface area (Å²) in [5.74, 6) is -2.34.